The number of nitrogens with zero attached hydrogens (tertiary/aromatic N) is 2. The fraction of sp³-hybridized carbons (Fsp3) is 0.556. The van der Waals surface area contributed by atoms with Crippen molar-refractivity contribution in [2.75, 3.05) is 19.6 Å². The van der Waals surface area contributed by atoms with E-state index in [1.807, 2.05) is 54.8 Å². The summed E-state index contributed by atoms with van der Waals surface area (Å²) in [5.74, 6) is 0.0450. The molecule has 6 heteroatoms. The molecule has 2 amide bonds. The summed E-state index contributed by atoms with van der Waals surface area (Å²) in [5, 5.41) is 0. The van der Waals surface area contributed by atoms with Crippen molar-refractivity contribution in [2.45, 2.75) is 44.8 Å². The fourth-order valence-electron chi connectivity index (χ4n) is 3.13. The van der Waals surface area contributed by atoms with E-state index in [2.05, 4.69) is 22.6 Å². The normalized spacial score (nSPS) is 19.3. The fourth-order valence-corrected chi connectivity index (χ4v) is 3.67. The third-order valence-corrected chi connectivity index (χ3v) is 5.12. The molecular weight excluding hydrogens is 419 g/mol. The minimum atomic E-state index is -0.499. The minimum absolute atomic E-state index is 0.0450. The number of carbonyl (C=O) groups excluding carboxylic acids is 2. The van der Waals surface area contributed by atoms with E-state index in [4.69, 9.17) is 4.74 Å². The Morgan fingerprint density at radius 3 is 2.50 bits per heavy atom. The van der Waals surface area contributed by atoms with Gasteiger partial charge in [-0.25, -0.2) is 4.79 Å². The molecule has 1 aromatic carbocycles. The van der Waals surface area contributed by atoms with Gasteiger partial charge in [-0.1, -0.05) is 6.07 Å². The van der Waals surface area contributed by atoms with Gasteiger partial charge < -0.3 is 9.64 Å². The van der Waals surface area contributed by atoms with Crippen molar-refractivity contribution in [3.05, 3.63) is 33.4 Å². The van der Waals surface area contributed by atoms with Crippen LogP contribution in [-0.2, 0) is 4.74 Å². The Morgan fingerprint density at radius 2 is 1.92 bits per heavy atom. The average molecular weight is 442 g/mol. The molecule has 0 bridgehead atoms. The van der Waals surface area contributed by atoms with Crippen LogP contribution in [0.5, 0.6) is 0 Å². The highest BCUT2D eigenvalue weighted by Crippen LogP contribution is 2.45. The molecule has 1 aliphatic heterocycles. The van der Waals surface area contributed by atoms with Crippen LogP contribution in [0.25, 0.3) is 0 Å². The molecule has 3 rings (SSSR count). The van der Waals surface area contributed by atoms with Crippen molar-refractivity contribution < 1.29 is 14.3 Å². The van der Waals surface area contributed by atoms with E-state index in [1.54, 1.807) is 0 Å². The smallest absolute Gasteiger partial charge is 0.410 e. The number of amides is 2. The first-order valence-corrected chi connectivity index (χ1v) is 9.34. The van der Waals surface area contributed by atoms with Gasteiger partial charge in [-0.2, -0.15) is 0 Å². The van der Waals surface area contributed by atoms with Crippen LogP contribution in [0.4, 0.5) is 4.79 Å². The van der Waals surface area contributed by atoms with Crippen molar-refractivity contribution in [1.29, 1.82) is 0 Å². The van der Waals surface area contributed by atoms with Crippen LogP contribution in [0.2, 0.25) is 0 Å². The van der Waals surface area contributed by atoms with Gasteiger partial charge in [-0.15, -0.1) is 0 Å². The molecule has 1 heterocycles. The lowest BCUT2D eigenvalue weighted by Gasteiger charge is -2.42. The molecule has 1 aliphatic carbocycles. The molecule has 1 saturated carbocycles. The largest absolute Gasteiger partial charge is 0.444 e. The van der Waals surface area contributed by atoms with Crippen LogP contribution in [0.3, 0.4) is 0 Å². The molecule has 1 aromatic rings. The number of hydrogen-bond donors (Lipinski definition) is 0. The van der Waals surface area contributed by atoms with Crippen LogP contribution >= 0.6 is 22.6 Å². The van der Waals surface area contributed by atoms with Crippen molar-refractivity contribution in [3.8, 4) is 0 Å². The highest BCUT2D eigenvalue weighted by molar-refractivity contribution is 14.1. The van der Waals surface area contributed by atoms with E-state index in [9.17, 15) is 9.59 Å². The Morgan fingerprint density at radius 1 is 1.21 bits per heavy atom. The number of benzene rings is 1. The second-order valence-electron chi connectivity index (χ2n) is 7.59. The van der Waals surface area contributed by atoms with Gasteiger partial charge in [0.25, 0.3) is 5.91 Å². The molecule has 1 saturated heterocycles. The van der Waals surface area contributed by atoms with Crippen molar-refractivity contribution in [2.24, 2.45) is 0 Å². The van der Waals surface area contributed by atoms with Crippen LogP contribution in [0.15, 0.2) is 24.3 Å². The van der Waals surface area contributed by atoms with E-state index in [-0.39, 0.29) is 17.5 Å². The van der Waals surface area contributed by atoms with E-state index in [1.165, 1.54) is 0 Å². The number of ether oxygens (including phenoxy) is 1. The van der Waals surface area contributed by atoms with Gasteiger partial charge in [-0.05, 0) is 74.4 Å². The maximum atomic E-state index is 12.8. The minimum Gasteiger partial charge on any atom is -0.444 e. The molecule has 0 atom stereocenters. The topological polar surface area (TPSA) is 49.9 Å². The Labute approximate surface area is 156 Å². The Hall–Kier alpha value is -1.31. The zero-order chi connectivity index (χ0) is 17.5. The van der Waals surface area contributed by atoms with Gasteiger partial charge in [0, 0.05) is 28.8 Å². The van der Waals surface area contributed by atoms with Crippen LogP contribution in [0, 0.1) is 3.57 Å². The van der Waals surface area contributed by atoms with E-state index >= 15 is 0 Å². The van der Waals surface area contributed by atoms with Gasteiger partial charge in [0.1, 0.15) is 5.60 Å². The first kappa shape index (κ1) is 17.5. The molecule has 0 aromatic heterocycles. The standard InChI is InChI=1S/C18H23IN2O3/c1-17(2,3)24-16(23)21-10-9-20(12-18(21)7-8-18)15(22)13-5-4-6-14(19)11-13/h4-6,11H,7-10,12H2,1-3H3. The third kappa shape index (κ3) is 3.68. The predicted octanol–water partition coefficient (Wildman–Crippen LogP) is 3.52. The summed E-state index contributed by atoms with van der Waals surface area (Å²) < 4.78 is 6.58. The number of piperazine rings is 1. The quantitative estimate of drug-likeness (QED) is 0.626. The highest BCUT2D eigenvalue weighted by Gasteiger charge is 2.55. The van der Waals surface area contributed by atoms with Crippen molar-refractivity contribution >= 4 is 34.6 Å². The highest BCUT2D eigenvalue weighted by atomic mass is 127. The van der Waals surface area contributed by atoms with Gasteiger partial charge in [0.2, 0.25) is 0 Å². The maximum Gasteiger partial charge on any atom is 0.410 e. The Bertz CT molecular complexity index is 664. The zero-order valence-corrected chi connectivity index (χ0v) is 16.5. The molecule has 0 unspecified atom stereocenters. The van der Waals surface area contributed by atoms with Gasteiger partial charge in [0.05, 0.1) is 5.54 Å². The SMILES string of the molecule is CC(C)(C)OC(=O)N1CCN(C(=O)c2cccc(I)c2)CC12CC2. The average Bonchev–Trinajstić information content (AvgIpc) is 3.24. The second-order valence-corrected chi connectivity index (χ2v) is 8.84. The molecular formula is C18H23IN2O3. The summed E-state index contributed by atoms with van der Waals surface area (Å²) in [7, 11) is 0. The van der Waals surface area contributed by atoms with Gasteiger partial charge in [0.15, 0.2) is 0 Å². The number of carbonyl (C=O) groups is 2. The van der Waals surface area contributed by atoms with Crippen molar-refractivity contribution in [3.63, 3.8) is 0 Å². The molecule has 0 N–H and O–H groups in total. The molecule has 0 radical (unpaired) electrons. The number of hydrogen-bond acceptors (Lipinski definition) is 3. The number of halogens is 1. The molecule has 5 nitrogen and oxygen atoms in total. The Kier molecular flexibility index (Phi) is 4.53. The van der Waals surface area contributed by atoms with Crippen LogP contribution < -0.4 is 0 Å². The summed E-state index contributed by atoms with van der Waals surface area (Å²) in [6, 6.07) is 7.63. The Balaban J connectivity index is 1.70. The lowest BCUT2D eigenvalue weighted by atomic mass is 10.1. The summed E-state index contributed by atoms with van der Waals surface area (Å²) in [6.07, 6.45) is 1.60. The number of rotatable bonds is 1. The monoisotopic (exact) mass is 442 g/mol. The second kappa shape index (κ2) is 6.20. The van der Waals surface area contributed by atoms with E-state index < -0.39 is 5.60 Å². The van der Waals surface area contributed by atoms with Crippen molar-refractivity contribution in [1.82, 2.24) is 9.80 Å². The lowest BCUT2D eigenvalue weighted by molar-refractivity contribution is -0.00573. The first-order valence-electron chi connectivity index (χ1n) is 8.26. The maximum absolute atomic E-state index is 12.8. The summed E-state index contributed by atoms with van der Waals surface area (Å²) in [5.41, 5.74) is -0.0117. The van der Waals surface area contributed by atoms with E-state index in [0.29, 0.717) is 25.2 Å². The molecule has 24 heavy (non-hydrogen) atoms. The molecule has 2 aliphatic rings. The predicted molar refractivity (Wildman–Crippen MR) is 100.0 cm³/mol. The lowest BCUT2D eigenvalue weighted by Crippen LogP contribution is -2.59. The van der Waals surface area contributed by atoms with Gasteiger partial charge >= 0.3 is 6.09 Å². The van der Waals surface area contributed by atoms with Gasteiger partial charge in [-0.3, -0.25) is 9.69 Å². The summed E-state index contributed by atoms with van der Waals surface area (Å²) in [6.45, 7) is 7.30. The molecule has 130 valence electrons. The van der Waals surface area contributed by atoms with Crippen LogP contribution in [0.1, 0.15) is 44.0 Å². The molecule has 2 fully saturated rings. The molecule has 1 spiro atoms. The third-order valence-electron chi connectivity index (χ3n) is 4.45. The van der Waals surface area contributed by atoms with Crippen LogP contribution in [-0.4, -0.2) is 52.6 Å². The summed E-state index contributed by atoms with van der Waals surface area (Å²) in [4.78, 5) is 28.9. The zero-order valence-electron chi connectivity index (χ0n) is 14.3. The summed E-state index contributed by atoms with van der Waals surface area (Å²) >= 11 is 2.21. The first-order chi connectivity index (χ1) is 11.2. The van der Waals surface area contributed by atoms with E-state index in [0.717, 1.165) is 16.4 Å².